The number of carboxylic acid groups (broad SMARTS) is 1. The first-order valence-electron chi connectivity index (χ1n) is 6.22. The molecule has 1 rings (SSSR count). The van der Waals surface area contributed by atoms with Crippen LogP contribution in [-0.2, 0) is 10.0 Å². The van der Waals surface area contributed by atoms with Crippen LogP contribution in [0.25, 0.3) is 0 Å². The summed E-state index contributed by atoms with van der Waals surface area (Å²) in [6, 6.07) is 2.00. The summed E-state index contributed by atoms with van der Waals surface area (Å²) in [5.74, 6) is -2.42. The summed E-state index contributed by atoms with van der Waals surface area (Å²) in [5, 5.41) is 8.94. The lowest BCUT2D eigenvalue weighted by Gasteiger charge is -2.20. The number of aryl methyl sites for hydroxylation is 1. The number of sulfonamides is 1. The van der Waals surface area contributed by atoms with Crippen molar-refractivity contribution in [3.05, 3.63) is 29.1 Å². The van der Waals surface area contributed by atoms with E-state index >= 15 is 0 Å². The molecule has 0 aliphatic rings. The van der Waals surface area contributed by atoms with Gasteiger partial charge in [0.2, 0.25) is 10.0 Å². The zero-order valence-corrected chi connectivity index (χ0v) is 13.2. The average molecular weight is 318 g/mol. The van der Waals surface area contributed by atoms with Gasteiger partial charge in [-0.05, 0) is 38.7 Å². The number of nitrogens with zero attached hydrogens (tertiary/aromatic N) is 2. The fourth-order valence-electron chi connectivity index (χ4n) is 1.68. The van der Waals surface area contributed by atoms with Gasteiger partial charge in [-0.15, -0.1) is 0 Å². The molecule has 0 aliphatic heterocycles. The predicted molar refractivity (Wildman–Crippen MR) is 76.5 cm³/mol. The molecular weight excluding hydrogens is 299 g/mol. The molecule has 0 amide bonds. The van der Waals surface area contributed by atoms with E-state index in [0.29, 0.717) is 6.54 Å². The first kappa shape index (κ1) is 17.5. The Kier molecular flexibility index (Phi) is 5.43. The summed E-state index contributed by atoms with van der Waals surface area (Å²) < 4.78 is 39.5. The maximum Gasteiger partial charge on any atom is 0.338 e. The fraction of sp³-hybridized carbons (Fsp3) is 0.462. The first-order chi connectivity index (χ1) is 9.57. The summed E-state index contributed by atoms with van der Waals surface area (Å²) in [6.45, 7) is 2.09. The Morgan fingerprint density at radius 3 is 2.29 bits per heavy atom. The van der Waals surface area contributed by atoms with E-state index in [1.165, 1.54) is 14.0 Å². The molecule has 0 spiro atoms. The SMILES string of the molecule is Cc1cc(S(=O)(=O)N(C)CCN(C)C)cc(C(=O)O)c1F. The molecule has 0 aliphatic carbocycles. The molecule has 0 heterocycles. The van der Waals surface area contributed by atoms with Crippen LogP contribution in [0, 0.1) is 12.7 Å². The molecule has 0 saturated carbocycles. The minimum Gasteiger partial charge on any atom is -0.478 e. The van der Waals surface area contributed by atoms with E-state index in [0.717, 1.165) is 16.4 Å². The topological polar surface area (TPSA) is 77.9 Å². The molecule has 118 valence electrons. The van der Waals surface area contributed by atoms with E-state index in [2.05, 4.69) is 0 Å². The highest BCUT2D eigenvalue weighted by Gasteiger charge is 2.24. The van der Waals surface area contributed by atoms with Crippen molar-refractivity contribution in [1.29, 1.82) is 0 Å². The Labute approximate surface area is 123 Å². The number of aromatic carboxylic acids is 1. The summed E-state index contributed by atoms with van der Waals surface area (Å²) in [7, 11) is 1.17. The molecule has 21 heavy (non-hydrogen) atoms. The van der Waals surface area contributed by atoms with Gasteiger partial charge in [0.15, 0.2) is 0 Å². The standard InChI is InChI=1S/C13H19FN2O4S/c1-9-7-10(8-11(12(9)14)13(17)18)21(19,20)16(4)6-5-15(2)3/h7-8H,5-6H2,1-4H3,(H,17,18). The highest BCUT2D eigenvalue weighted by atomic mass is 32.2. The van der Waals surface area contributed by atoms with Crippen LogP contribution in [0.2, 0.25) is 0 Å². The molecule has 0 bridgehead atoms. The number of halogens is 1. The third kappa shape index (κ3) is 3.99. The molecule has 0 saturated heterocycles. The highest BCUT2D eigenvalue weighted by Crippen LogP contribution is 2.21. The number of carboxylic acids is 1. The monoisotopic (exact) mass is 318 g/mol. The molecule has 0 unspecified atom stereocenters. The molecule has 0 aromatic heterocycles. The van der Waals surface area contributed by atoms with Gasteiger partial charge in [0.25, 0.3) is 0 Å². The molecule has 1 aromatic carbocycles. The highest BCUT2D eigenvalue weighted by molar-refractivity contribution is 7.89. The lowest BCUT2D eigenvalue weighted by molar-refractivity contribution is 0.0691. The average Bonchev–Trinajstić information content (AvgIpc) is 2.38. The van der Waals surface area contributed by atoms with Crippen LogP contribution in [-0.4, -0.2) is 62.9 Å². The normalized spacial score (nSPS) is 12.1. The molecule has 0 atom stereocenters. The maximum atomic E-state index is 13.7. The van der Waals surface area contributed by atoms with E-state index in [-0.39, 0.29) is 17.0 Å². The first-order valence-corrected chi connectivity index (χ1v) is 7.66. The number of hydrogen-bond acceptors (Lipinski definition) is 4. The van der Waals surface area contributed by atoms with E-state index in [1.54, 1.807) is 0 Å². The van der Waals surface area contributed by atoms with Crippen molar-refractivity contribution in [1.82, 2.24) is 9.21 Å². The number of rotatable bonds is 6. The summed E-state index contributed by atoms with van der Waals surface area (Å²) in [5.41, 5.74) is -0.663. The van der Waals surface area contributed by atoms with Gasteiger partial charge in [0.05, 0.1) is 10.5 Å². The zero-order chi connectivity index (χ0) is 16.4. The van der Waals surface area contributed by atoms with Crippen molar-refractivity contribution in [3.8, 4) is 0 Å². The summed E-state index contributed by atoms with van der Waals surface area (Å²) >= 11 is 0. The minimum absolute atomic E-state index is 0.0190. The van der Waals surface area contributed by atoms with E-state index in [4.69, 9.17) is 5.11 Å². The summed E-state index contributed by atoms with van der Waals surface area (Å²) in [4.78, 5) is 12.6. The molecular formula is C13H19FN2O4S. The lowest BCUT2D eigenvalue weighted by Crippen LogP contribution is -2.33. The second-order valence-corrected chi connectivity index (χ2v) is 7.08. The number of hydrogen-bond donors (Lipinski definition) is 1. The Balaban J connectivity index is 3.23. The van der Waals surface area contributed by atoms with Gasteiger partial charge < -0.3 is 10.0 Å². The Bertz CT molecular complexity index is 644. The van der Waals surface area contributed by atoms with Gasteiger partial charge in [-0.1, -0.05) is 0 Å². The van der Waals surface area contributed by atoms with Crippen LogP contribution in [0.1, 0.15) is 15.9 Å². The van der Waals surface area contributed by atoms with Crippen molar-refractivity contribution >= 4 is 16.0 Å². The largest absolute Gasteiger partial charge is 0.478 e. The number of carbonyl (C=O) groups is 1. The zero-order valence-electron chi connectivity index (χ0n) is 12.4. The van der Waals surface area contributed by atoms with Gasteiger partial charge >= 0.3 is 5.97 Å². The fourth-order valence-corrected chi connectivity index (χ4v) is 2.96. The Hall–Kier alpha value is -1.51. The van der Waals surface area contributed by atoms with Crippen LogP contribution in [0.15, 0.2) is 17.0 Å². The van der Waals surface area contributed by atoms with Crippen molar-refractivity contribution in [2.45, 2.75) is 11.8 Å². The van der Waals surface area contributed by atoms with Crippen molar-refractivity contribution in [2.75, 3.05) is 34.2 Å². The van der Waals surface area contributed by atoms with E-state index < -0.39 is 27.4 Å². The van der Waals surface area contributed by atoms with E-state index in [9.17, 15) is 17.6 Å². The minimum atomic E-state index is -3.85. The Morgan fingerprint density at radius 1 is 1.24 bits per heavy atom. The molecule has 1 aromatic rings. The smallest absolute Gasteiger partial charge is 0.338 e. The number of benzene rings is 1. The Morgan fingerprint density at radius 2 is 1.81 bits per heavy atom. The third-order valence-electron chi connectivity index (χ3n) is 3.03. The van der Waals surface area contributed by atoms with Crippen molar-refractivity contribution < 1.29 is 22.7 Å². The summed E-state index contributed by atoms with van der Waals surface area (Å²) in [6.07, 6.45) is 0. The van der Waals surface area contributed by atoms with Crippen LogP contribution >= 0.6 is 0 Å². The molecule has 6 nitrogen and oxygen atoms in total. The lowest BCUT2D eigenvalue weighted by atomic mass is 10.1. The number of likely N-dealkylation sites (N-methyl/N-ethyl adjacent to an activating group) is 2. The molecule has 8 heteroatoms. The second-order valence-electron chi connectivity index (χ2n) is 5.04. The van der Waals surface area contributed by atoms with Crippen LogP contribution < -0.4 is 0 Å². The van der Waals surface area contributed by atoms with Gasteiger partial charge in [0, 0.05) is 20.1 Å². The molecule has 1 N–H and O–H groups in total. The van der Waals surface area contributed by atoms with Gasteiger partial charge in [-0.3, -0.25) is 0 Å². The quantitative estimate of drug-likeness (QED) is 0.847. The van der Waals surface area contributed by atoms with Crippen LogP contribution in [0.3, 0.4) is 0 Å². The van der Waals surface area contributed by atoms with Gasteiger partial charge in [0.1, 0.15) is 5.82 Å². The second kappa shape index (κ2) is 6.50. The maximum absolute atomic E-state index is 13.7. The molecule has 0 radical (unpaired) electrons. The van der Waals surface area contributed by atoms with Crippen LogP contribution in [0.5, 0.6) is 0 Å². The van der Waals surface area contributed by atoms with Crippen molar-refractivity contribution in [3.63, 3.8) is 0 Å². The third-order valence-corrected chi connectivity index (χ3v) is 4.86. The molecule has 0 fully saturated rings. The van der Waals surface area contributed by atoms with Crippen LogP contribution in [0.4, 0.5) is 4.39 Å². The predicted octanol–water partition coefficient (Wildman–Crippen LogP) is 1.01. The van der Waals surface area contributed by atoms with Gasteiger partial charge in [-0.2, -0.15) is 4.31 Å². The van der Waals surface area contributed by atoms with Gasteiger partial charge in [-0.25, -0.2) is 17.6 Å². The van der Waals surface area contributed by atoms with E-state index in [1.807, 2.05) is 19.0 Å². The van der Waals surface area contributed by atoms with Crippen molar-refractivity contribution in [2.24, 2.45) is 0 Å².